The average molecular weight is 233 g/mol. The number of rotatable bonds is 4. The molecule has 1 unspecified atom stereocenters. The van der Waals surface area contributed by atoms with Gasteiger partial charge in [-0.05, 0) is 20.8 Å². The lowest BCUT2D eigenvalue weighted by molar-refractivity contribution is 0.572. The largest absolute Gasteiger partial charge is 0.329 e. The summed E-state index contributed by atoms with van der Waals surface area (Å²) in [7, 11) is 0. The molecule has 0 fully saturated rings. The first kappa shape index (κ1) is 12.0. The van der Waals surface area contributed by atoms with E-state index in [9.17, 15) is 0 Å². The Hall–Kier alpha value is -1.46. The van der Waals surface area contributed by atoms with E-state index in [0.717, 1.165) is 29.1 Å². The maximum absolute atomic E-state index is 5.49. The Morgan fingerprint density at radius 3 is 2.94 bits per heavy atom. The molecule has 92 valence electrons. The van der Waals surface area contributed by atoms with Gasteiger partial charge in [-0.2, -0.15) is 5.10 Å². The molecule has 0 saturated heterocycles. The summed E-state index contributed by atoms with van der Waals surface area (Å²) >= 11 is 0. The van der Waals surface area contributed by atoms with Crippen LogP contribution in [0, 0.1) is 13.8 Å². The van der Waals surface area contributed by atoms with Gasteiger partial charge in [0.2, 0.25) is 0 Å². The van der Waals surface area contributed by atoms with Gasteiger partial charge >= 0.3 is 0 Å². The van der Waals surface area contributed by atoms with Crippen LogP contribution in [0.3, 0.4) is 0 Å². The summed E-state index contributed by atoms with van der Waals surface area (Å²) in [6.45, 7) is 7.60. The quantitative estimate of drug-likeness (QED) is 0.825. The third-order valence-corrected chi connectivity index (χ3v) is 2.95. The van der Waals surface area contributed by atoms with Crippen molar-refractivity contribution in [3.63, 3.8) is 0 Å². The molecular weight excluding hydrogens is 214 g/mol. The van der Waals surface area contributed by atoms with Crippen LogP contribution >= 0.6 is 0 Å². The second kappa shape index (κ2) is 4.81. The lowest BCUT2D eigenvalue weighted by Gasteiger charge is -2.16. The summed E-state index contributed by atoms with van der Waals surface area (Å²) in [6, 6.07) is 2.22. The van der Waals surface area contributed by atoms with Gasteiger partial charge in [-0.3, -0.25) is 0 Å². The van der Waals surface area contributed by atoms with Crippen LogP contribution in [0.15, 0.2) is 12.3 Å². The van der Waals surface area contributed by atoms with E-state index in [4.69, 9.17) is 5.73 Å². The monoisotopic (exact) mass is 233 g/mol. The molecule has 5 nitrogen and oxygen atoms in total. The summed E-state index contributed by atoms with van der Waals surface area (Å²) in [4.78, 5) is 4.42. The smallest absolute Gasteiger partial charge is 0.155 e. The molecule has 2 aromatic rings. The van der Waals surface area contributed by atoms with Crippen molar-refractivity contribution in [1.82, 2.24) is 19.9 Å². The van der Waals surface area contributed by atoms with Gasteiger partial charge in [-0.1, -0.05) is 0 Å². The highest BCUT2D eigenvalue weighted by atomic mass is 15.3. The first-order chi connectivity index (χ1) is 8.13. The molecule has 0 amide bonds. The van der Waals surface area contributed by atoms with E-state index < -0.39 is 0 Å². The summed E-state index contributed by atoms with van der Waals surface area (Å²) in [5.41, 5.74) is 9.66. The highest BCUT2D eigenvalue weighted by Crippen LogP contribution is 2.17. The van der Waals surface area contributed by atoms with E-state index in [0.29, 0.717) is 6.54 Å². The molecule has 2 heterocycles. The van der Waals surface area contributed by atoms with Gasteiger partial charge in [0.15, 0.2) is 5.65 Å². The van der Waals surface area contributed by atoms with Crippen molar-refractivity contribution in [1.29, 1.82) is 0 Å². The zero-order chi connectivity index (χ0) is 12.4. The molecule has 0 aliphatic carbocycles. The molecular formula is C12H19N5. The minimum atomic E-state index is 0.236. The molecule has 2 rings (SSSR count). The van der Waals surface area contributed by atoms with Crippen LogP contribution < -0.4 is 11.1 Å². The Kier molecular flexibility index (Phi) is 3.40. The number of hydrogen-bond acceptors (Lipinski definition) is 4. The SMILES string of the molecule is Cc1cc2ncc(C(C)NCCN)c(C)n2n1. The van der Waals surface area contributed by atoms with Gasteiger partial charge in [0.1, 0.15) is 0 Å². The van der Waals surface area contributed by atoms with E-state index in [2.05, 4.69) is 29.2 Å². The summed E-state index contributed by atoms with van der Waals surface area (Å²) in [5, 5.41) is 7.79. The third kappa shape index (κ3) is 2.30. The van der Waals surface area contributed by atoms with E-state index >= 15 is 0 Å². The Bertz CT molecular complexity index is 517. The van der Waals surface area contributed by atoms with Crippen molar-refractivity contribution >= 4 is 5.65 Å². The fraction of sp³-hybridized carbons (Fsp3) is 0.500. The van der Waals surface area contributed by atoms with Crippen molar-refractivity contribution in [3.05, 3.63) is 29.2 Å². The lowest BCUT2D eigenvalue weighted by atomic mass is 10.1. The third-order valence-electron chi connectivity index (χ3n) is 2.95. The topological polar surface area (TPSA) is 68.2 Å². The van der Waals surface area contributed by atoms with Gasteiger partial charge in [-0.15, -0.1) is 0 Å². The van der Waals surface area contributed by atoms with Crippen LogP contribution in [0.4, 0.5) is 0 Å². The predicted octanol–water partition coefficient (Wildman–Crippen LogP) is 0.955. The predicted molar refractivity (Wildman–Crippen MR) is 67.9 cm³/mol. The number of hydrogen-bond donors (Lipinski definition) is 2. The van der Waals surface area contributed by atoms with Crippen LogP contribution in [-0.4, -0.2) is 27.7 Å². The second-order valence-electron chi connectivity index (χ2n) is 4.32. The maximum atomic E-state index is 5.49. The minimum Gasteiger partial charge on any atom is -0.329 e. The maximum Gasteiger partial charge on any atom is 0.155 e. The molecule has 0 aliphatic rings. The van der Waals surface area contributed by atoms with Crippen LogP contribution in [0.5, 0.6) is 0 Å². The molecule has 0 aliphatic heterocycles. The Labute approximate surface area is 101 Å². The lowest BCUT2D eigenvalue weighted by Crippen LogP contribution is -2.26. The van der Waals surface area contributed by atoms with E-state index in [1.54, 1.807) is 0 Å². The number of nitrogens with two attached hydrogens (primary N) is 1. The van der Waals surface area contributed by atoms with E-state index in [1.165, 1.54) is 0 Å². The van der Waals surface area contributed by atoms with Crippen molar-refractivity contribution < 1.29 is 0 Å². The minimum absolute atomic E-state index is 0.236. The number of nitrogens with zero attached hydrogens (tertiary/aromatic N) is 3. The molecule has 0 saturated carbocycles. The first-order valence-corrected chi connectivity index (χ1v) is 5.89. The molecule has 3 N–H and O–H groups in total. The highest BCUT2D eigenvalue weighted by Gasteiger charge is 2.12. The van der Waals surface area contributed by atoms with Gasteiger partial charge < -0.3 is 11.1 Å². The van der Waals surface area contributed by atoms with Crippen molar-refractivity contribution in [3.8, 4) is 0 Å². The molecule has 0 aromatic carbocycles. The fourth-order valence-corrected chi connectivity index (χ4v) is 2.01. The number of aryl methyl sites for hydroxylation is 2. The summed E-state index contributed by atoms with van der Waals surface area (Å²) in [6.07, 6.45) is 1.92. The standard InChI is InChI=1S/C12H19N5/c1-8-6-12-15-7-11(9(2)14-5-4-13)10(3)17(12)16-8/h6-7,9,14H,4-5,13H2,1-3H3. The van der Waals surface area contributed by atoms with Crippen LogP contribution in [0.1, 0.15) is 29.9 Å². The summed E-state index contributed by atoms with van der Waals surface area (Å²) < 4.78 is 1.89. The molecule has 0 bridgehead atoms. The Morgan fingerprint density at radius 2 is 2.24 bits per heavy atom. The average Bonchev–Trinajstić information content (AvgIpc) is 2.68. The first-order valence-electron chi connectivity index (χ1n) is 5.89. The number of nitrogens with one attached hydrogen (secondary N) is 1. The van der Waals surface area contributed by atoms with Crippen molar-refractivity contribution in [2.45, 2.75) is 26.8 Å². The Morgan fingerprint density at radius 1 is 1.47 bits per heavy atom. The van der Waals surface area contributed by atoms with Crippen LogP contribution in [0.2, 0.25) is 0 Å². The van der Waals surface area contributed by atoms with Gasteiger partial charge in [0.25, 0.3) is 0 Å². The molecule has 5 heteroatoms. The van der Waals surface area contributed by atoms with Crippen molar-refractivity contribution in [2.24, 2.45) is 5.73 Å². The zero-order valence-corrected chi connectivity index (χ0v) is 10.6. The fourth-order valence-electron chi connectivity index (χ4n) is 2.01. The molecule has 1 atom stereocenters. The second-order valence-corrected chi connectivity index (χ2v) is 4.32. The van der Waals surface area contributed by atoms with Gasteiger partial charge in [0, 0.05) is 42.7 Å². The Balaban J connectivity index is 2.37. The molecule has 2 aromatic heterocycles. The zero-order valence-electron chi connectivity index (χ0n) is 10.6. The molecule has 0 spiro atoms. The van der Waals surface area contributed by atoms with E-state index in [-0.39, 0.29) is 6.04 Å². The van der Waals surface area contributed by atoms with Crippen molar-refractivity contribution in [2.75, 3.05) is 13.1 Å². The van der Waals surface area contributed by atoms with Gasteiger partial charge in [-0.25, -0.2) is 9.50 Å². The molecule has 17 heavy (non-hydrogen) atoms. The molecule has 0 radical (unpaired) electrons. The summed E-state index contributed by atoms with van der Waals surface area (Å²) in [5.74, 6) is 0. The normalized spacial score (nSPS) is 13.2. The van der Waals surface area contributed by atoms with Crippen LogP contribution in [0.25, 0.3) is 5.65 Å². The number of fused-ring (bicyclic) bond motifs is 1. The van der Waals surface area contributed by atoms with Gasteiger partial charge in [0.05, 0.1) is 5.69 Å². The van der Waals surface area contributed by atoms with E-state index in [1.807, 2.05) is 23.7 Å². The number of aromatic nitrogens is 3. The van der Waals surface area contributed by atoms with Crippen LogP contribution in [-0.2, 0) is 0 Å². The highest BCUT2D eigenvalue weighted by molar-refractivity contribution is 5.42.